The summed E-state index contributed by atoms with van der Waals surface area (Å²) in [6, 6.07) is 14.9. The standard InChI is InChI=1S/C23H31N5O/c1-17-4-9-21-19(16-27-22(21)14-17)10-11-26-23(24-2)28-15-18-5-7-20(8-6-18)25-12-13-29-3/h4-9,14,16,25,27H,10-13,15H2,1-3H3,(H2,24,26,28). The predicted octanol–water partition coefficient (Wildman–Crippen LogP) is 3.44. The largest absolute Gasteiger partial charge is 0.383 e. The minimum atomic E-state index is 0.698. The molecule has 0 saturated heterocycles. The van der Waals surface area contributed by atoms with E-state index in [0.29, 0.717) is 6.61 Å². The van der Waals surface area contributed by atoms with Crippen LogP contribution >= 0.6 is 0 Å². The lowest BCUT2D eigenvalue weighted by molar-refractivity contribution is 0.211. The van der Waals surface area contributed by atoms with Crippen LogP contribution < -0.4 is 16.0 Å². The molecule has 3 aromatic rings. The molecule has 0 atom stereocenters. The van der Waals surface area contributed by atoms with Crippen molar-refractivity contribution in [2.75, 3.05) is 39.2 Å². The number of rotatable bonds is 9. The van der Waals surface area contributed by atoms with E-state index in [9.17, 15) is 0 Å². The molecule has 0 aliphatic carbocycles. The van der Waals surface area contributed by atoms with Gasteiger partial charge in [-0.25, -0.2) is 0 Å². The number of hydrogen-bond donors (Lipinski definition) is 4. The Morgan fingerprint density at radius 3 is 2.66 bits per heavy atom. The lowest BCUT2D eigenvalue weighted by Gasteiger charge is -2.12. The summed E-state index contributed by atoms with van der Waals surface area (Å²) in [5.74, 6) is 0.808. The van der Waals surface area contributed by atoms with Crippen molar-refractivity contribution in [2.24, 2.45) is 4.99 Å². The Morgan fingerprint density at radius 1 is 1.07 bits per heavy atom. The third-order valence-corrected chi connectivity index (χ3v) is 4.88. The van der Waals surface area contributed by atoms with Crippen molar-refractivity contribution in [3.63, 3.8) is 0 Å². The van der Waals surface area contributed by atoms with Crippen molar-refractivity contribution in [2.45, 2.75) is 19.9 Å². The fourth-order valence-corrected chi connectivity index (χ4v) is 3.27. The quantitative estimate of drug-likeness (QED) is 0.255. The number of fused-ring (bicyclic) bond motifs is 1. The number of aromatic nitrogens is 1. The summed E-state index contributed by atoms with van der Waals surface area (Å²) in [4.78, 5) is 7.69. The lowest BCUT2D eigenvalue weighted by Crippen LogP contribution is -2.37. The first-order valence-corrected chi connectivity index (χ1v) is 10.0. The van der Waals surface area contributed by atoms with Gasteiger partial charge in [0.25, 0.3) is 0 Å². The van der Waals surface area contributed by atoms with Crippen LogP contribution in [0, 0.1) is 6.92 Å². The molecule has 0 amide bonds. The molecule has 0 bridgehead atoms. The van der Waals surface area contributed by atoms with Crippen LogP contribution in [0.1, 0.15) is 16.7 Å². The Bertz CT molecular complexity index is 930. The summed E-state index contributed by atoms with van der Waals surface area (Å²) < 4.78 is 5.05. The van der Waals surface area contributed by atoms with Crippen LogP contribution in [0.3, 0.4) is 0 Å². The van der Waals surface area contributed by atoms with Gasteiger partial charge >= 0.3 is 0 Å². The molecule has 0 aliphatic rings. The van der Waals surface area contributed by atoms with E-state index in [1.54, 1.807) is 14.2 Å². The van der Waals surface area contributed by atoms with Gasteiger partial charge in [-0.3, -0.25) is 4.99 Å². The van der Waals surface area contributed by atoms with E-state index in [1.165, 1.54) is 27.6 Å². The van der Waals surface area contributed by atoms with Gasteiger partial charge in [-0.2, -0.15) is 0 Å². The zero-order valence-electron chi connectivity index (χ0n) is 17.5. The minimum absolute atomic E-state index is 0.698. The highest BCUT2D eigenvalue weighted by Crippen LogP contribution is 2.19. The molecule has 0 unspecified atom stereocenters. The maximum atomic E-state index is 5.05. The number of guanidine groups is 1. The second-order valence-electron chi connectivity index (χ2n) is 7.08. The molecule has 3 rings (SSSR count). The first-order valence-electron chi connectivity index (χ1n) is 10.0. The average molecular weight is 394 g/mol. The van der Waals surface area contributed by atoms with E-state index >= 15 is 0 Å². The third kappa shape index (κ3) is 5.99. The highest BCUT2D eigenvalue weighted by atomic mass is 16.5. The van der Waals surface area contributed by atoms with Crippen molar-refractivity contribution in [3.8, 4) is 0 Å². The van der Waals surface area contributed by atoms with E-state index in [0.717, 1.165) is 37.7 Å². The molecule has 6 nitrogen and oxygen atoms in total. The Labute approximate surface area is 172 Å². The van der Waals surface area contributed by atoms with Crippen LogP contribution in [0.4, 0.5) is 5.69 Å². The molecule has 0 spiro atoms. The molecule has 154 valence electrons. The molecule has 4 N–H and O–H groups in total. The molecular weight excluding hydrogens is 362 g/mol. The summed E-state index contributed by atoms with van der Waals surface area (Å²) in [5.41, 5.74) is 6.09. The van der Waals surface area contributed by atoms with Crippen LogP contribution in [0.15, 0.2) is 53.7 Å². The number of ether oxygens (including phenoxy) is 1. The first-order chi connectivity index (χ1) is 14.2. The highest BCUT2D eigenvalue weighted by molar-refractivity contribution is 5.84. The Morgan fingerprint density at radius 2 is 1.90 bits per heavy atom. The zero-order valence-corrected chi connectivity index (χ0v) is 17.5. The third-order valence-electron chi connectivity index (χ3n) is 4.88. The van der Waals surface area contributed by atoms with Crippen LogP contribution in [-0.2, 0) is 17.7 Å². The number of aromatic amines is 1. The first kappa shape index (κ1) is 20.7. The van der Waals surface area contributed by atoms with Gasteiger partial charge in [0.05, 0.1) is 6.61 Å². The maximum Gasteiger partial charge on any atom is 0.191 e. The number of H-pyrrole nitrogens is 1. The predicted molar refractivity (Wildman–Crippen MR) is 122 cm³/mol. The Hall–Kier alpha value is -2.99. The van der Waals surface area contributed by atoms with Crippen LogP contribution in [0.25, 0.3) is 10.9 Å². The van der Waals surface area contributed by atoms with Crippen molar-refractivity contribution in [1.29, 1.82) is 0 Å². The highest BCUT2D eigenvalue weighted by Gasteiger charge is 2.04. The molecule has 6 heteroatoms. The fourth-order valence-electron chi connectivity index (χ4n) is 3.27. The van der Waals surface area contributed by atoms with E-state index in [2.05, 4.69) is 81.5 Å². The van der Waals surface area contributed by atoms with Crippen molar-refractivity contribution >= 4 is 22.5 Å². The summed E-state index contributed by atoms with van der Waals surface area (Å²) >= 11 is 0. The molecule has 0 aliphatic heterocycles. The smallest absolute Gasteiger partial charge is 0.191 e. The summed E-state index contributed by atoms with van der Waals surface area (Å²) in [6.07, 6.45) is 3.04. The van der Waals surface area contributed by atoms with Crippen molar-refractivity contribution in [1.82, 2.24) is 15.6 Å². The Balaban J connectivity index is 1.44. The topological polar surface area (TPSA) is 73.5 Å². The van der Waals surface area contributed by atoms with Crippen LogP contribution in [0.5, 0.6) is 0 Å². The van der Waals surface area contributed by atoms with Crippen LogP contribution in [0.2, 0.25) is 0 Å². The minimum Gasteiger partial charge on any atom is -0.383 e. The van der Waals surface area contributed by atoms with Gasteiger partial charge < -0.3 is 25.7 Å². The summed E-state index contributed by atoms with van der Waals surface area (Å²) in [5, 5.41) is 11.4. The summed E-state index contributed by atoms with van der Waals surface area (Å²) in [7, 11) is 3.51. The second kappa shape index (κ2) is 10.5. The van der Waals surface area contributed by atoms with Gasteiger partial charge in [-0.1, -0.05) is 24.3 Å². The van der Waals surface area contributed by atoms with Gasteiger partial charge in [0.15, 0.2) is 5.96 Å². The normalized spacial score (nSPS) is 11.6. The monoisotopic (exact) mass is 393 g/mol. The number of anilines is 1. The molecule has 29 heavy (non-hydrogen) atoms. The maximum absolute atomic E-state index is 5.05. The molecule has 1 aromatic heterocycles. The van der Waals surface area contributed by atoms with Crippen molar-refractivity contribution < 1.29 is 4.74 Å². The molecule has 0 saturated carbocycles. The van der Waals surface area contributed by atoms with E-state index in [1.807, 2.05) is 0 Å². The van der Waals surface area contributed by atoms with E-state index < -0.39 is 0 Å². The average Bonchev–Trinajstić information content (AvgIpc) is 3.13. The van der Waals surface area contributed by atoms with Gasteiger partial charge in [-0.15, -0.1) is 0 Å². The number of aryl methyl sites for hydroxylation is 1. The van der Waals surface area contributed by atoms with Crippen molar-refractivity contribution in [3.05, 3.63) is 65.4 Å². The van der Waals surface area contributed by atoms with Gasteiger partial charge in [0, 0.05) is 56.6 Å². The number of aliphatic imine (C=N–C) groups is 1. The lowest BCUT2D eigenvalue weighted by atomic mass is 10.1. The zero-order chi connectivity index (χ0) is 20.5. The van der Waals surface area contributed by atoms with Gasteiger partial charge in [-0.05, 0) is 48.2 Å². The van der Waals surface area contributed by atoms with Gasteiger partial charge in [0.1, 0.15) is 0 Å². The Kier molecular flexibility index (Phi) is 7.53. The summed E-state index contributed by atoms with van der Waals surface area (Å²) in [6.45, 7) is 5.17. The second-order valence-corrected chi connectivity index (χ2v) is 7.08. The molecule has 0 radical (unpaired) electrons. The fraction of sp³-hybridized carbons (Fsp3) is 0.348. The van der Waals surface area contributed by atoms with Crippen LogP contribution in [-0.4, -0.2) is 44.8 Å². The van der Waals surface area contributed by atoms with E-state index in [-0.39, 0.29) is 0 Å². The number of methoxy groups -OCH3 is 1. The molecule has 2 aromatic carbocycles. The molecular formula is C23H31N5O. The van der Waals surface area contributed by atoms with Gasteiger partial charge in [0.2, 0.25) is 0 Å². The number of nitrogens with one attached hydrogen (secondary N) is 4. The molecule has 1 heterocycles. The number of benzene rings is 2. The number of hydrogen-bond acceptors (Lipinski definition) is 3. The van der Waals surface area contributed by atoms with E-state index in [4.69, 9.17) is 4.74 Å². The molecule has 0 fully saturated rings. The SMILES string of the molecule is CN=C(NCCc1c[nH]c2cc(C)ccc12)NCc1ccc(NCCOC)cc1. The number of nitrogens with zero attached hydrogens (tertiary/aromatic N) is 1.